The number of aliphatic carboxylic acids is 1. The lowest BCUT2D eigenvalue weighted by molar-refractivity contribution is -0.142. The molecule has 6 heteroatoms. The second kappa shape index (κ2) is 4.81. The number of carbonyl (C=O) groups is 1. The Hall–Kier alpha value is -1.62. The highest BCUT2D eigenvalue weighted by atomic mass is 35.5. The van der Waals surface area contributed by atoms with Crippen LogP contribution in [-0.4, -0.2) is 25.4 Å². The molecule has 2 heterocycles. The topological polar surface area (TPSA) is 67.5 Å². The Kier molecular flexibility index (Phi) is 3.14. The van der Waals surface area contributed by atoms with Crippen molar-refractivity contribution in [1.29, 1.82) is 0 Å². The van der Waals surface area contributed by atoms with Crippen molar-refractivity contribution in [2.24, 2.45) is 5.92 Å². The van der Waals surface area contributed by atoms with Gasteiger partial charge < -0.3 is 5.11 Å². The molecule has 0 aliphatic heterocycles. The van der Waals surface area contributed by atoms with Crippen LogP contribution in [0.1, 0.15) is 37.4 Å². The first-order chi connectivity index (χ1) is 9.16. The quantitative estimate of drug-likeness (QED) is 0.918. The molecule has 19 heavy (non-hydrogen) atoms. The van der Waals surface area contributed by atoms with Crippen LogP contribution >= 0.6 is 11.6 Å². The van der Waals surface area contributed by atoms with Crippen molar-refractivity contribution < 1.29 is 9.90 Å². The minimum Gasteiger partial charge on any atom is -0.481 e. The molecule has 100 valence electrons. The maximum atomic E-state index is 11.0. The van der Waals surface area contributed by atoms with E-state index in [9.17, 15) is 4.79 Å². The summed E-state index contributed by atoms with van der Waals surface area (Å²) in [5, 5.41) is 9.46. The molecule has 1 aliphatic rings. The maximum absolute atomic E-state index is 11.0. The van der Waals surface area contributed by atoms with E-state index in [1.807, 2.05) is 10.6 Å². The molecule has 2 aromatic heterocycles. The van der Waals surface area contributed by atoms with E-state index < -0.39 is 5.97 Å². The molecule has 1 aliphatic carbocycles. The minimum absolute atomic E-state index is 0.201. The number of carboxylic acid groups (broad SMARTS) is 1. The van der Waals surface area contributed by atoms with E-state index in [2.05, 4.69) is 9.97 Å². The molecular formula is C13H14ClN3O2. The first-order valence-corrected chi connectivity index (χ1v) is 6.75. The number of rotatable bonds is 2. The smallest absolute Gasteiger partial charge is 0.306 e. The van der Waals surface area contributed by atoms with Gasteiger partial charge in [0.15, 0.2) is 5.15 Å². The van der Waals surface area contributed by atoms with Gasteiger partial charge in [0.1, 0.15) is 11.3 Å². The van der Waals surface area contributed by atoms with E-state index in [0.717, 1.165) is 24.2 Å². The molecule has 2 aromatic rings. The lowest BCUT2D eigenvalue weighted by Crippen LogP contribution is -2.21. The van der Waals surface area contributed by atoms with Gasteiger partial charge in [-0.3, -0.25) is 9.20 Å². The Balaban J connectivity index is 1.86. The molecule has 0 aromatic carbocycles. The predicted molar refractivity (Wildman–Crippen MR) is 70.3 cm³/mol. The lowest BCUT2D eigenvalue weighted by Gasteiger charge is -2.25. The van der Waals surface area contributed by atoms with Gasteiger partial charge in [-0.25, -0.2) is 9.97 Å². The number of nitrogens with zero attached hydrogens (tertiary/aromatic N) is 3. The Labute approximate surface area is 115 Å². The van der Waals surface area contributed by atoms with Gasteiger partial charge in [-0.15, -0.1) is 0 Å². The largest absolute Gasteiger partial charge is 0.481 e. The van der Waals surface area contributed by atoms with Crippen molar-refractivity contribution in [3.8, 4) is 0 Å². The summed E-state index contributed by atoms with van der Waals surface area (Å²) < 4.78 is 1.96. The number of fused-ring (bicyclic) bond motifs is 1. The van der Waals surface area contributed by atoms with Crippen molar-refractivity contribution in [2.75, 3.05) is 0 Å². The zero-order chi connectivity index (χ0) is 13.4. The molecular weight excluding hydrogens is 266 g/mol. The standard InChI is InChI=1S/C13H14ClN3O2/c14-11-10-7-16-12(17(10)6-5-15-11)8-1-3-9(4-2-8)13(18)19/h5-9H,1-4H2,(H,18,19). The Morgan fingerprint density at radius 1 is 1.32 bits per heavy atom. The average Bonchev–Trinajstić information content (AvgIpc) is 2.84. The van der Waals surface area contributed by atoms with Crippen LogP contribution in [0.5, 0.6) is 0 Å². The zero-order valence-corrected chi connectivity index (χ0v) is 11.0. The second-order valence-electron chi connectivity index (χ2n) is 4.98. The number of carboxylic acids is 1. The zero-order valence-electron chi connectivity index (χ0n) is 10.3. The molecule has 0 spiro atoms. The summed E-state index contributed by atoms with van der Waals surface area (Å²) >= 11 is 6.02. The van der Waals surface area contributed by atoms with Crippen LogP contribution < -0.4 is 0 Å². The van der Waals surface area contributed by atoms with Crippen molar-refractivity contribution in [3.63, 3.8) is 0 Å². The Morgan fingerprint density at radius 3 is 2.74 bits per heavy atom. The molecule has 1 saturated carbocycles. The number of imidazole rings is 1. The first kappa shape index (κ1) is 12.4. The molecule has 0 atom stereocenters. The van der Waals surface area contributed by atoms with Crippen LogP contribution in [0.3, 0.4) is 0 Å². The van der Waals surface area contributed by atoms with Crippen molar-refractivity contribution >= 4 is 23.1 Å². The summed E-state index contributed by atoms with van der Waals surface area (Å²) in [7, 11) is 0. The van der Waals surface area contributed by atoms with E-state index in [1.165, 1.54) is 0 Å². The van der Waals surface area contributed by atoms with Crippen LogP contribution in [0.2, 0.25) is 5.15 Å². The van der Waals surface area contributed by atoms with Gasteiger partial charge in [0.25, 0.3) is 0 Å². The SMILES string of the molecule is O=C(O)C1CCC(c2ncc3c(Cl)nccn23)CC1. The van der Waals surface area contributed by atoms with Crippen LogP contribution in [0.25, 0.3) is 5.52 Å². The number of hydrogen-bond donors (Lipinski definition) is 1. The average molecular weight is 280 g/mol. The highest BCUT2D eigenvalue weighted by Gasteiger charge is 2.28. The van der Waals surface area contributed by atoms with Crippen LogP contribution in [0.4, 0.5) is 0 Å². The lowest BCUT2D eigenvalue weighted by atomic mass is 9.81. The summed E-state index contributed by atoms with van der Waals surface area (Å²) in [5.41, 5.74) is 0.805. The fourth-order valence-corrected chi connectivity index (χ4v) is 3.01. The van der Waals surface area contributed by atoms with Gasteiger partial charge in [0, 0.05) is 18.3 Å². The highest BCUT2D eigenvalue weighted by Crippen LogP contribution is 2.35. The van der Waals surface area contributed by atoms with Crippen molar-refractivity contribution in [1.82, 2.24) is 14.4 Å². The third kappa shape index (κ3) is 2.18. The van der Waals surface area contributed by atoms with Gasteiger partial charge in [0.05, 0.1) is 12.1 Å². The second-order valence-corrected chi connectivity index (χ2v) is 5.33. The summed E-state index contributed by atoms with van der Waals surface area (Å²) in [6.07, 6.45) is 8.39. The fraction of sp³-hybridized carbons (Fsp3) is 0.462. The molecule has 0 bridgehead atoms. The fourth-order valence-electron chi connectivity index (χ4n) is 2.82. The summed E-state index contributed by atoms with van der Waals surface area (Å²) in [4.78, 5) is 19.4. The van der Waals surface area contributed by atoms with Gasteiger partial charge in [0.2, 0.25) is 0 Å². The monoisotopic (exact) mass is 279 g/mol. The molecule has 3 rings (SSSR count). The molecule has 0 saturated heterocycles. The Morgan fingerprint density at radius 2 is 2.05 bits per heavy atom. The predicted octanol–water partition coefficient (Wildman–Crippen LogP) is 2.74. The molecule has 1 N–H and O–H groups in total. The minimum atomic E-state index is -0.682. The number of hydrogen-bond acceptors (Lipinski definition) is 3. The van der Waals surface area contributed by atoms with Crippen LogP contribution in [0, 0.1) is 5.92 Å². The van der Waals surface area contributed by atoms with Gasteiger partial charge in [-0.05, 0) is 25.7 Å². The highest BCUT2D eigenvalue weighted by molar-refractivity contribution is 6.32. The van der Waals surface area contributed by atoms with Crippen molar-refractivity contribution in [3.05, 3.63) is 29.6 Å². The molecule has 1 fully saturated rings. The molecule has 0 radical (unpaired) electrons. The van der Waals surface area contributed by atoms with E-state index in [-0.39, 0.29) is 5.92 Å². The van der Waals surface area contributed by atoms with Gasteiger partial charge in [-0.2, -0.15) is 0 Å². The summed E-state index contributed by atoms with van der Waals surface area (Å²) in [6, 6.07) is 0. The van der Waals surface area contributed by atoms with Gasteiger partial charge >= 0.3 is 5.97 Å². The molecule has 0 amide bonds. The summed E-state index contributed by atoms with van der Waals surface area (Å²) in [6.45, 7) is 0. The van der Waals surface area contributed by atoms with Gasteiger partial charge in [-0.1, -0.05) is 11.6 Å². The van der Waals surface area contributed by atoms with E-state index >= 15 is 0 Å². The summed E-state index contributed by atoms with van der Waals surface area (Å²) in [5.74, 6) is 0.381. The molecule has 0 unspecified atom stereocenters. The number of aromatic nitrogens is 3. The van der Waals surface area contributed by atoms with Crippen molar-refractivity contribution in [2.45, 2.75) is 31.6 Å². The van der Waals surface area contributed by atoms with E-state index in [1.54, 1.807) is 12.4 Å². The molecule has 5 nitrogen and oxygen atoms in total. The maximum Gasteiger partial charge on any atom is 0.306 e. The first-order valence-electron chi connectivity index (χ1n) is 6.37. The third-order valence-electron chi connectivity index (χ3n) is 3.88. The van der Waals surface area contributed by atoms with E-state index in [4.69, 9.17) is 16.7 Å². The van der Waals surface area contributed by atoms with E-state index in [0.29, 0.717) is 23.9 Å². The van der Waals surface area contributed by atoms with Crippen LogP contribution in [0.15, 0.2) is 18.6 Å². The normalized spacial score (nSPS) is 23.6. The number of halogens is 1. The third-order valence-corrected chi connectivity index (χ3v) is 4.17. The Bertz CT molecular complexity index is 617. The van der Waals surface area contributed by atoms with Crippen LogP contribution in [-0.2, 0) is 4.79 Å².